The Morgan fingerprint density at radius 2 is 0.312 bits per heavy atom. The molecule has 0 aliphatic heterocycles. The van der Waals surface area contributed by atoms with Gasteiger partial charge in [-0.25, -0.2) is 0 Å². The topological polar surface area (TPSA) is 149 Å². The van der Waals surface area contributed by atoms with Gasteiger partial charge < -0.3 is 43.3 Å². The number of hydrogen-bond acceptors (Lipinski definition) is 4. The fourth-order valence-electron chi connectivity index (χ4n) is 0. The molecule has 128 valence electrons. The van der Waals surface area contributed by atoms with Crippen LogP contribution in [0.25, 0.3) is 0 Å². The molecule has 32 heavy (non-hydrogen) atoms. The van der Waals surface area contributed by atoms with Gasteiger partial charge in [0.1, 0.15) is 0 Å². The van der Waals surface area contributed by atoms with Crippen LogP contribution in [0, 0.1) is 0 Å². The Morgan fingerprint density at radius 3 is 0.312 bits per heavy atom. The molecule has 0 aliphatic carbocycles. The molecule has 0 atom stereocenters. The molecule has 0 unspecified atom stereocenters. The third-order valence-corrected chi connectivity index (χ3v) is 0. The van der Waals surface area contributed by atoms with Gasteiger partial charge in [0, 0.05) is 27.7 Å². The third kappa shape index (κ3) is 419. The van der Waals surface area contributed by atoms with Crippen molar-refractivity contribution >= 4 is 23.9 Å². The summed E-state index contributed by atoms with van der Waals surface area (Å²) in [4.78, 5) is 36.0. The molecule has 0 radical (unpaired) electrons. The average molecular weight is 624 g/mol. The monoisotopic (exact) mass is 624 g/mol. The van der Waals surface area contributed by atoms with E-state index in [9.17, 15) is 0 Å². The zero-order chi connectivity index (χ0) is 14.3. The first-order chi connectivity index (χ1) is 6.93. The Hall–Kier alpha value is 13.9. The smallest absolute Gasteiger partial charge is 1.00 e. The Kier molecular flexibility index (Phi) is 556. The van der Waals surface area contributed by atoms with Gasteiger partial charge in [-0.2, -0.15) is 0 Å². The molecule has 0 heterocycles. The van der Waals surface area contributed by atoms with Crippen LogP contribution in [-0.2, 0) is 19.2 Å². The second-order valence-corrected chi connectivity index (χ2v) is 2.08. The van der Waals surface area contributed by atoms with Crippen LogP contribution >= 0.6 is 0 Å². The predicted octanol–water partition coefficient (Wildman–Crippen LogP) is -45.8. The van der Waals surface area contributed by atoms with Gasteiger partial charge in [0.05, 0.1) is 0 Å². The zero-order valence-electron chi connectivity index (χ0n) is 41.4. The minimum absolute atomic E-state index is 0. The molecule has 0 aromatic carbocycles. The van der Waals surface area contributed by atoms with Crippen molar-refractivity contribution < 1.29 is 535 Å². The average Bonchev–Trinajstić information content (AvgIpc) is 1.76. The second-order valence-electron chi connectivity index (χ2n) is 2.08. The molecule has 0 fully saturated rings. The summed E-state index contributed by atoms with van der Waals surface area (Å²) in [6.07, 6.45) is 0. The van der Waals surface area contributed by atoms with E-state index < -0.39 is 23.9 Å². The number of carbonyl (C=O) groups is 4. The maximum Gasteiger partial charge on any atom is 1.00 e. The molecule has 0 bridgehead atoms. The van der Waals surface area contributed by atoms with Crippen molar-refractivity contribution in [2.45, 2.75) is 27.7 Å². The summed E-state index contributed by atoms with van der Waals surface area (Å²) in [5.41, 5.74) is 0. The number of hydrogen-bond donors (Lipinski definition) is 4. The van der Waals surface area contributed by atoms with Gasteiger partial charge in [-0.3, -0.25) is 19.2 Å². The summed E-state index contributed by atoms with van der Waals surface area (Å²) in [6.45, 7) is 4.33. The van der Waals surface area contributed by atoms with Crippen LogP contribution in [0.4, 0.5) is 0 Å². The number of carboxylic acid groups (broad SMARTS) is 4. The molecular weight excluding hydrogens is 592 g/mol. The maximum atomic E-state index is 9.00. The van der Waals surface area contributed by atoms with Gasteiger partial charge >= 0.3 is 473 Å². The summed E-state index contributed by atoms with van der Waals surface area (Å²) in [5.74, 6) is -3.33. The predicted molar refractivity (Wildman–Crippen MR) is 71.0 cm³/mol. The van der Waals surface area contributed by atoms with Crippen molar-refractivity contribution in [1.29, 1.82) is 0 Å². The molecule has 8 nitrogen and oxygen atoms in total. The van der Waals surface area contributed by atoms with E-state index in [0.29, 0.717) is 0 Å². The Morgan fingerprint density at radius 1 is 0.312 bits per heavy atom. The van der Waals surface area contributed by atoms with Crippen LogP contribution in [0.5, 0.6) is 0 Å². The van der Waals surface area contributed by atoms with Crippen molar-refractivity contribution in [3.05, 3.63) is 0 Å². The molecule has 0 amide bonds. The molecular formula is C8H32Na16O8. The molecule has 24 heteroatoms. The number of carboxylic acids is 4. The quantitative estimate of drug-likeness (QED) is 0.195. The summed E-state index contributed by atoms with van der Waals surface area (Å²) in [5, 5.41) is 29.7. The summed E-state index contributed by atoms with van der Waals surface area (Å²) >= 11 is 0. The minimum Gasteiger partial charge on any atom is -1.00 e. The minimum atomic E-state index is -0.833. The Labute approximate surface area is 571 Å². The van der Waals surface area contributed by atoms with E-state index in [1.54, 1.807) is 0 Å². The van der Waals surface area contributed by atoms with Crippen LogP contribution in [-0.4, -0.2) is 44.3 Å². The first-order valence-electron chi connectivity index (χ1n) is 3.71. The molecule has 0 rings (SSSR count). The molecule has 0 spiro atoms. The summed E-state index contributed by atoms with van der Waals surface area (Å²) < 4.78 is 0. The largest absolute Gasteiger partial charge is 1.00 e. The number of aliphatic carboxylic acids is 4. The van der Waals surface area contributed by atoms with E-state index in [1.807, 2.05) is 0 Å². The third-order valence-electron chi connectivity index (χ3n) is 0. The van der Waals surface area contributed by atoms with Gasteiger partial charge in [-0.05, 0) is 0 Å². The molecule has 0 saturated heterocycles. The molecule has 0 aliphatic rings. The summed E-state index contributed by atoms with van der Waals surface area (Å²) in [7, 11) is 0. The normalized spacial score (nSPS) is 3.12. The van der Waals surface area contributed by atoms with Crippen molar-refractivity contribution in [2.24, 2.45) is 0 Å². The van der Waals surface area contributed by atoms with Crippen molar-refractivity contribution in [2.75, 3.05) is 0 Å². The van der Waals surface area contributed by atoms with Gasteiger partial charge in [0.25, 0.3) is 23.9 Å². The molecule has 0 saturated carbocycles. The van der Waals surface area contributed by atoms with E-state index in [4.69, 9.17) is 39.6 Å². The van der Waals surface area contributed by atoms with Crippen molar-refractivity contribution in [3.8, 4) is 0 Å². The van der Waals surface area contributed by atoms with Crippen LogP contribution in [0.3, 0.4) is 0 Å². The van der Waals surface area contributed by atoms with Crippen molar-refractivity contribution in [3.63, 3.8) is 0 Å². The van der Waals surface area contributed by atoms with Gasteiger partial charge in [0.2, 0.25) is 0 Å². The van der Waals surface area contributed by atoms with Gasteiger partial charge in [-0.15, -0.1) is 0 Å². The van der Waals surface area contributed by atoms with Crippen LogP contribution in [0.15, 0.2) is 0 Å². The van der Waals surface area contributed by atoms with E-state index in [0.717, 1.165) is 27.7 Å². The number of rotatable bonds is 0. The van der Waals surface area contributed by atoms with Crippen LogP contribution in [0.2, 0.25) is 0 Å². The first kappa shape index (κ1) is 138. The Bertz CT molecular complexity index is 232. The van der Waals surface area contributed by atoms with E-state index in [2.05, 4.69) is 0 Å². The van der Waals surface area contributed by atoms with E-state index in [-0.39, 0.29) is 496 Å². The zero-order valence-corrected chi connectivity index (χ0v) is 57.4. The molecule has 4 N–H and O–H groups in total. The van der Waals surface area contributed by atoms with Gasteiger partial charge in [0.15, 0.2) is 0 Å². The van der Waals surface area contributed by atoms with Crippen LogP contribution in [0.1, 0.15) is 50.5 Å². The standard InChI is InChI=1S/4C2H4O2.16Na.16H/c4*1-2(3)4;;;;;;;;;;;;;;;;;;;;;;;;;;;;;;;;/h4*1H3,(H,3,4);;;;;;;;;;;;;;;;;;;;;;;;;;;;;;;;/q;;;;16*+1;16*-1. The fourth-order valence-corrected chi connectivity index (χ4v) is 0. The van der Waals surface area contributed by atoms with E-state index in [1.165, 1.54) is 0 Å². The maximum absolute atomic E-state index is 9.00. The Balaban J connectivity index is -0.000000000963. The van der Waals surface area contributed by atoms with E-state index >= 15 is 0 Å². The van der Waals surface area contributed by atoms with Crippen LogP contribution < -0.4 is 473 Å². The summed E-state index contributed by atoms with van der Waals surface area (Å²) in [6, 6.07) is 0. The fraction of sp³-hybridized carbons (Fsp3) is 0.500. The van der Waals surface area contributed by atoms with Gasteiger partial charge in [-0.1, -0.05) is 0 Å². The molecule has 0 aromatic heterocycles. The first-order valence-corrected chi connectivity index (χ1v) is 3.71. The molecule has 0 aromatic rings. The SMILES string of the molecule is CC(=O)O.CC(=O)O.CC(=O)O.CC(=O)O.[H-].[H-].[H-].[H-].[H-].[H-].[H-].[H-].[H-].[H-].[H-].[H-].[H-].[H-].[H-].[H-].[Na+].[Na+].[Na+].[Na+].[Na+].[Na+].[Na+].[Na+].[Na+].[Na+].[Na+].[Na+].[Na+].[Na+].[Na+].[Na+]. The van der Waals surface area contributed by atoms with Crippen molar-refractivity contribution in [1.82, 2.24) is 0 Å². The second kappa shape index (κ2) is 129.